The summed E-state index contributed by atoms with van der Waals surface area (Å²) < 4.78 is 27.9. The summed E-state index contributed by atoms with van der Waals surface area (Å²) in [6.45, 7) is 7.10. The fourth-order valence-corrected chi connectivity index (χ4v) is 4.44. The van der Waals surface area contributed by atoms with Gasteiger partial charge in [-0.25, -0.2) is 8.42 Å². The second-order valence-electron chi connectivity index (χ2n) is 6.41. The topological polar surface area (TPSA) is 54.5 Å². The number of benzene rings is 3. The molecule has 0 heterocycles. The Morgan fingerprint density at radius 2 is 1.63 bits per heavy atom. The molecule has 0 bridgehead atoms. The summed E-state index contributed by atoms with van der Waals surface area (Å²) in [4.78, 5) is 12.5. The Morgan fingerprint density at radius 3 is 2.19 bits per heavy atom. The second-order valence-corrected chi connectivity index (χ2v) is 8.27. The van der Waals surface area contributed by atoms with E-state index in [1.807, 2.05) is 31.2 Å². The van der Waals surface area contributed by atoms with Crippen LogP contribution in [0.5, 0.6) is 0 Å². The molecule has 4 nitrogen and oxygen atoms in total. The van der Waals surface area contributed by atoms with Gasteiger partial charge in [0, 0.05) is 5.56 Å². The Hall–Kier alpha value is -2.92. The average Bonchev–Trinajstić information content (AvgIpc) is 2.65. The van der Waals surface area contributed by atoms with Gasteiger partial charge in [-0.2, -0.15) is 0 Å². The third-order valence-corrected chi connectivity index (χ3v) is 6.21. The molecular weight excluding hydrogens is 358 g/mol. The standard InChI is InChI=1S/C22H21NO3S/c1-4-13-23(27(25,26)20-11-9-16(2)10-12-20)22-15-19-8-6-5-7-18(19)14-21(22)17(3)24/h4-12,14-15H,1,13H2,2-3H3. The first-order valence-electron chi connectivity index (χ1n) is 8.58. The van der Waals surface area contributed by atoms with Gasteiger partial charge in [0.15, 0.2) is 5.78 Å². The molecule has 0 saturated heterocycles. The summed E-state index contributed by atoms with van der Waals surface area (Å²) in [5.74, 6) is -0.191. The van der Waals surface area contributed by atoms with E-state index in [2.05, 4.69) is 6.58 Å². The number of carbonyl (C=O) groups excluding carboxylic acids is 1. The van der Waals surface area contributed by atoms with Crippen molar-refractivity contribution in [1.82, 2.24) is 0 Å². The lowest BCUT2D eigenvalue weighted by atomic mass is 10.0. The van der Waals surface area contributed by atoms with E-state index < -0.39 is 10.0 Å². The van der Waals surface area contributed by atoms with Gasteiger partial charge in [-0.3, -0.25) is 9.10 Å². The molecule has 0 saturated carbocycles. The van der Waals surface area contributed by atoms with Gasteiger partial charge in [0.1, 0.15) is 0 Å². The molecule has 0 atom stereocenters. The van der Waals surface area contributed by atoms with Gasteiger partial charge in [-0.1, -0.05) is 48.0 Å². The van der Waals surface area contributed by atoms with Crippen LogP contribution in [0, 0.1) is 6.92 Å². The van der Waals surface area contributed by atoms with Gasteiger partial charge in [0.05, 0.1) is 17.1 Å². The lowest BCUT2D eigenvalue weighted by Gasteiger charge is -2.25. The number of hydrogen-bond donors (Lipinski definition) is 0. The van der Waals surface area contributed by atoms with Crippen molar-refractivity contribution in [2.45, 2.75) is 18.7 Å². The first-order valence-corrected chi connectivity index (χ1v) is 10.0. The molecule has 3 aromatic rings. The number of Topliss-reactive ketones (excluding diaryl/α,β-unsaturated/α-hetero) is 1. The van der Waals surface area contributed by atoms with Gasteiger partial charge in [0.2, 0.25) is 0 Å². The number of aryl methyl sites for hydroxylation is 1. The van der Waals surface area contributed by atoms with Crippen LogP contribution in [-0.4, -0.2) is 20.7 Å². The van der Waals surface area contributed by atoms with Crippen LogP contribution < -0.4 is 4.31 Å². The van der Waals surface area contributed by atoms with Crippen molar-refractivity contribution >= 4 is 32.3 Å². The number of fused-ring (bicyclic) bond motifs is 1. The minimum atomic E-state index is -3.85. The van der Waals surface area contributed by atoms with E-state index in [1.165, 1.54) is 17.3 Å². The van der Waals surface area contributed by atoms with E-state index in [0.29, 0.717) is 11.3 Å². The number of nitrogens with zero attached hydrogens (tertiary/aromatic N) is 1. The van der Waals surface area contributed by atoms with Crippen LogP contribution in [0.15, 0.2) is 78.2 Å². The SMILES string of the molecule is C=CCN(c1cc2ccccc2cc1C(C)=O)S(=O)(=O)c1ccc(C)cc1. The molecule has 0 aromatic heterocycles. The lowest BCUT2D eigenvalue weighted by Crippen LogP contribution is -2.32. The molecule has 5 heteroatoms. The molecule has 0 radical (unpaired) electrons. The maximum atomic E-state index is 13.3. The summed E-state index contributed by atoms with van der Waals surface area (Å²) in [5, 5.41) is 1.75. The van der Waals surface area contributed by atoms with Gasteiger partial charge in [-0.05, 0) is 48.9 Å². The summed E-state index contributed by atoms with van der Waals surface area (Å²) in [6.07, 6.45) is 1.52. The normalized spacial score (nSPS) is 11.3. The highest BCUT2D eigenvalue weighted by Gasteiger charge is 2.27. The smallest absolute Gasteiger partial charge is 0.264 e. The zero-order valence-corrected chi connectivity index (χ0v) is 16.2. The Kier molecular flexibility index (Phi) is 5.15. The Labute approximate surface area is 159 Å². The van der Waals surface area contributed by atoms with Gasteiger partial charge < -0.3 is 0 Å². The number of ketones is 1. The first kappa shape index (κ1) is 18.9. The summed E-state index contributed by atoms with van der Waals surface area (Å²) >= 11 is 0. The average molecular weight is 379 g/mol. The highest BCUT2D eigenvalue weighted by Crippen LogP contribution is 2.31. The largest absolute Gasteiger partial charge is 0.294 e. The van der Waals surface area contributed by atoms with E-state index >= 15 is 0 Å². The Balaban J connectivity index is 2.25. The monoisotopic (exact) mass is 379 g/mol. The van der Waals surface area contributed by atoms with Crippen molar-refractivity contribution < 1.29 is 13.2 Å². The van der Waals surface area contributed by atoms with Crippen LogP contribution in [0.2, 0.25) is 0 Å². The van der Waals surface area contributed by atoms with Crippen LogP contribution in [0.3, 0.4) is 0 Å². The highest BCUT2D eigenvalue weighted by molar-refractivity contribution is 7.92. The molecular formula is C22H21NO3S. The second kappa shape index (κ2) is 7.37. The third kappa shape index (κ3) is 3.64. The Morgan fingerprint density at radius 1 is 1.04 bits per heavy atom. The van der Waals surface area contributed by atoms with Gasteiger partial charge in [0.25, 0.3) is 10.0 Å². The minimum Gasteiger partial charge on any atom is -0.294 e. The molecule has 138 valence electrons. The summed E-state index contributed by atoms with van der Waals surface area (Å²) in [5.41, 5.74) is 1.70. The lowest BCUT2D eigenvalue weighted by molar-refractivity contribution is 0.101. The predicted molar refractivity (Wildman–Crippen MR) is 110 cm³/mol. The molecule has 3 aromatic carbocycles. The van der Waals surface area contributed by atoms with Crippen LogP contribution in [0.1, 0.15) is 22.8 Å². The Bertz CT molecular complexity index is 1120. The fraction of sp³-hybridized carbons (Fsp3) is 0.136. The fourth-order valence-electron chi connectivity index (χ4n) is 3.00. The molecule has 3 rings (SSSR count). The number of rotatable bonds is 6. The first-order chi connectivity index (χ1) is 12.8. The maximum Gasteiger partial charge on any atom is 0.264 e. The van der Waals surface area contributed by atoms with Crippen molar-refractivity contribution in [2.75, 3.05) is 10.8 Å². The van der Waals surface area contributed by atoms with Crippen molar-refractivity contribution in [3.8, 4) is 0 Å². The molecule has 0 N–H and O–H groups in total. The van der Waals surface area contributed by atoms with Gasteiger partial charge >= 0.3 is 0 Å². The quantitative estimate of drug-likeness (QED) is 0.459. The number of sulfonamides is 1. The van der Waals surface area contributed by atoms with E-state index in [4.69, 9.17) is 0 Å². The number of hydrogen-bond acceptors (Lipinski definition) is 3. The minimum absolute atomic E-state index is 0.0643. The molecule has 0 unspecified atom stereocenters. The predicted octanol–water partition coefficient (Wildman–Crippen LogP) is 4.73. The van der Waals surface area contributed by atoms with Crippen molar-refractivity contribution in [3.05, 3.63) is 84.4 Å². The molecule has 0 spiro atoms. The van der Waals surface area contributed by atoms with Crippen molar-refractivity contribution in [2.24, 2.45) is 0 Å². The highest BCUT2D eigenvalue weighted by atomic mass is 32.2. The molecule has 0 aliphatic heterocycles. The summed E-state index contributed by atoms with van der Waals surface area (Å²) in [6, 6.07) is 17.7. The van der Waals surface area contributed by atoms with Crippen LogP contribution in [-0.2, 0) is 10.0 Å². The van der Waals surface area contributed by atoms with Crippen LogP contribution >= 0.6 is 0 Å². The number of anilines is 1. The maximum absolute atomic E-state index is 13.3. The van der Waals surface area contributed by atoms with E-state index in [0.717, 1.165) is 16.3 Å². The van der Waals surface area contributed by atoms with E-state index in [9.17, 15) is 13.2 Å². The zero-order valence-electron chi connectivity index (χ0n) is 15.3. The zero-order chi connectivity index (χ0) is 19.6. The third-order valence-electron chi connectivity index (χ3n) is 4.42. The number of carbonyl (C=O) groups is 1. The van der Waals surface area contributed by atoms with Gasteiger partial charge in [-0.15, -0.1) is 6.58 Å². The molecule has 27 heavy (non-hydrogen) atoms. The molecule has 0 fully saturated rings. The molecule has 0 aliphatic rings. The molecule has 0 aliphatic carbocycles. The van der Waals surface area contributed by atoms with E-state index in [-0.39, 0.29) is 17.2 Å². The summed E-state index contributed by atoms with van der Waals surface area (Å²) in [7, 11) is -3.85. The molecule has 0 amide bonds. The van der Waals surface area contributed by atoms with Crippen molar-refractivity contribution in [3.63, 3.8) is 0 Å². The van der Waals surface area contributed by atoms with Crippen molar-refractivity contribution in [1.29, 1.82) is 0 Å². The van der Waals surface area contributed by atoms with Crippen LogP contribution in [0.4, 0.5) is 5.69 Å². The van der Waals surface area contributed by atoms with E-state index in [1.54, 1.807) is 36.4 Å². The van der Waals surface area contributed by atoms with Crippen LogP contribution in [0.25, 0.3) is 10.8 Å².